The number of hydrogen-bond acceptors (Lipinski definition) is 7. The van der Waals surface area contributed by atoms with Crippen molar-refractivity contribution in [3.8, 4) is 0 Å². The maximum atomic E-state index is 13.2. The number of non-ortho nitro benzene ring substituents is 1. The van der Waals surface area contributed by atoms with Gasteiger partial charge in [-0.2, -0.15) is 0 Å². The largest absolute Gasteiger partial charge is 0.378 e. The van der Waals surface area contributed by atoms with Gasteiger partial charge in [0.1, 0.15) is 0 Å². The molecule has 170 valence electrons. The maximum absolute atomic E-state index is 13.2. The van der Waals surface area contributed by atoms with Gasteiger partial charge >= 0.3 is 0 Å². The Morgan fingerprint density at radius 1 is 1.00 bits per heavy atom. The molecule has 0 aromatic heterocycles. The molecule has 9 heteroatoms. The van der Waals surface area contributed by atoms with Gasteiger partial charge in [0.15, 0.2) is 0 Å². The van der Waals surface area contributed by atoms with Gasteiger partial charge in [0.25, 0.3) is 11.6 Å². The zero-order valence-corrected chi connectivity index (χ0v) is 18.3. The van der Waals surface area contributed by atoms with Gasteiger partial charge in [-0.25, -0.2) is 0 Å². The molecule has 2 heterocycles. The topological polar surface area (TPSA) is 91.2 Å². The summed E-state index contributed by atoms with van der Waals surface area (Å²) in [5, 5.41) is 14.3. The van der Waals surface area contributed by atoms with Crippen LogP contribution in [0.2, 0.25) is 0 Å². The Morgan fingerprint density at radius 2 is 1.69 bits per heavy atom. The van der Waals surface area contributed by atoms with E-state index in [-0.39, 0.29) is 11.6 Å². The van der Waals surface area contributed by atoms with Crippen LogP contribution in [0.1, 0.15) is 15.9 Å². The number of nitro groups is 1. The standard InChI is InChI=1S/C23H29N5O4/c1-25-8-10-26(11-9-25)21-5-3-2-4-18(21)17-24-23(29)20-16-19(28(30)31)6-7-22(20)27-12-14-32-15-13-27/h2-7,16H,8-15,17H2,1H3,(H,24,29). The monoisotopic (exact) mass is 439 g/mol. The van der Waals surface area contributed by atoms with E-state index in [4.69, 9.17) is 4.74 Å². The summed E-state index contributed by atoms with van der Waals surface area (Å²) >= 11 is 0. The fourth-order valence-corrected chi connectivity index (χ4v) is 4.19. The van der Waals surface area contributed by atoms with Gasteiger partial charge in [-0.15, -0.1) is 0 Å². The molecule has 0 atom stereocenters. The van der Waals surface area contributed by atoms with E-state index in [9.17, 15) is 14.9 Å². The van der Waals surface area contributed by atoms with Crippen LogP contribution in [-0.4, -0.2) is 75.3 Å². The Morgan fingerprint density at radius 3 is 2.41 bits per heavy atom. The van der Waals surface area contributed by atoms with Crippen molar-refractivity contribution in [2.24, 2.45) is 0 Å². The maximum Gasteiger partial charge on any atom is 0.270 e. The Bertz CT molecular complexity index is 969. The number of nitro benzene ring substituents is 1. The SMILES string of the molecule is CN1CCN(c2ccccc2CNC(=O)c2cc([N+](=O)[O-])ccc2N2CCOCC2)CC1. The van der Waals surface area contributed by atoms with Crippen molar-refractivity contribution in [3.63, 3.8) is 0 Å². The number of morpholine rings is 1. The Hall–Kier alpha value is -3.17. The molecule has 0 unspecified atom stereocenters. The molecule has 2 saturated heterocycles. The van der Waals surface area contributed by atoms with Crippen LogP contribution in [0.15, 0.2) is 42.5 Å². The molecule has 2 aromatic carbocycles. The van der Waals surface area contributed by atoms with E-state index in [1.165, 1.54) is 12.1 Å². The number of likely N-dealkylation sites (N-methyl/N-ethyl adjacent to an activating group) is 1. The Kier molecular flexibility index (Phi) is 6.87. The van der Waals surface area contributed by atoms with Crippen LogP contribution in [0.3, 0.4) is 0 Å². The number of nitrogens with one attached hydrogen (secondary N) is 1. The van der Waals surface area contributed by atoms with Crippen LogP contribution in [0.5, 0.6) is 0 Å². The van der Waals surface area contributed by atoms with Crippen molar-refractivity contribution >= 4 is 23.0 Å². The van der Waals surface area contributed by atoms with Gasteiger partial charge in [-0.05, 0) is 24.7 Å². The van der Waals surface area contributed by atoms with Gasteiger partial charge in [0.05, 0.1) is 29.4 Å². The average molecular weight is 440 g/mol. The molecule has 2 aliphatic heterocycles. The van der Waals surface area contributed by atoms with Crippen molar-refractivity contribution in [1.82, 2.24) is 10.2 Å². The van der Waals surface area contributed by atoms with Crippen molar-refractivity contribution in [1.29, 1.82) is 0 Å². The highest BCUT2D eigenvalue weighted by atomic mass is 16.6. The zero-order valence-electron chi connectivity index (χ0n) is 18.3. The van der Waals surface area contributed by atoms with Gasteiger partial charge in [0.2, 0.25) is 0 Å². The molecule has 2 aromatic rings. The molecule has 0 radical (unpaired) electrons. The quantitative estimate of drug-likeness (QED) is 0.545. The lowest BCUT2D eigenvalue weighted by atomic mass is 10.1. The van der Waals surface area contributed by atoms with Gasteiger partial charge in [-0.3, -0.25) is 14.9 Å². The normalized spacial score (nSPS) is 17.3. The van der Waals surface area contributed by atoms with Crippen LogP contribution in [0, 0.1) is 10.1 Å². The van der Waals surface area contributed by atoms with Crippen LogP contribution in [0.25, 0.3) is 0 Å². The van der Waals surface area contributed by atoms with Crippen molar-refractivity contribution in [3.05, 3.63) is 63.7 Å². The predicted octanol–water partition coefficient (Wildman–Crippen LogP) is 2.11. The molecule has 0 spiro atoms. The number of anilines is 2. The van der Waals surface area contributed by atoms with Crippen molar-refractivity contribution in [2.45, 2.75) is 6.54 Å². The number of para-hydroxylation sites is 1. The van der Waals surface area contributed by atoms with E-state index in [2.05, 4.69) is 28.2 Å². The summed E-state index contributed by atoms with van der Waals surface area (Å²) in [5.74, 6) is -0.316. The van der Waals surface area contributed by atoms with E-state index in [1.807, 2.05) is 23.1 Å². The average Bonchev–Trinajstić information content (AvgIpc) is 2.83. The summed E-state index contributed by atoms with van der Waals surface area (Å²) in [6.07, 6.45) is 0. The number of ether oxygens (including phenoxy) is 1. The molecule has 2 fully saturated rings. The molecule has 4 rings (SSSR count). The van der Waals surface area contributed by atoms with E-state index in [1.54, 1.807) is 6.07 Å². The number of rotatable bonds is 6. The van der Waals surface area contributed by atoms with Crippen LogP contribution in [-0.2, 0) is 11.3 Å². The first kappa shape index (κ1) is 22.0. The van der Waals surface area contributed by atoms with Gasteiger partial charge in [-0.1, -0.05) is 18.2 Å². The Balaban J connectivity index is 1.53. The molecule has 1 N–H and O–H groups in total. The minimum atomic E-state index is -0.470. The number of hydrogen-bond donors (Lipinski definition) is 1. The number of carbonyl (C=O) groups excluding carboxylic acids is 1. The van der Waals surface area contributed by atoms with E-state index in [0.29, 0.717) is 44.1 Å². The fourth-order valence-electron chi connectivity index (χ4n) is 4.19. The minimum absolute atomic E-state index is 0.0926. The highest BCUT2D eigenvalue weighted by molar-refractivity contribution is 6.00. The van der Waals surface area contributed by atoms with Crippen LogP contribution < -0.4 is 15.1 Å². The highest BCUT2D eigenvalue weighted by Crippen LogP contribution is 2.27. The summed E-state index contributed by atoms with van der Waals surface area (Å²) in [7, 11) is 2.12. The van der Waals surface area contributed by atoms with E-state index >= 15 is 0 Å². The molecular weight excluding hydrogens is 410 g/mol. The lowest BCUT2D eigenvalue weighted by Crippen LogP contribution is -2.45. The van der Waals surface area contributed by atoms with Crippen LogP contribution in [0.4, 0.5) is 17.1 Å². The zero-order chi connectivity index (χ0) is 22.5. The molecule has 9 nitrogen and oxygen atoms in total. The van der Waals surface area contributed by atoms with E-state index in [0.717, 1.165) is 37.4 Å². The lowest BCUT2D eigenvalue weighted by Gasteiger charge is -2.35. The highest BCUT2D eigenvalue weighted by Gasteiger charge is 2.23. The first-order chi connectivity index (χ1) is 15.5. The molecular formula is C23H29N5O4. The molecule has 0 bridgehead atoms. The van der Waals surface area contributed by atoms with Crippen molar-refractivity contribution in [2.75, 3.05) is 69.3 Å². The number of carbonyl (C=O) groups is 1. The summed E-state index contributed by atoms with van der Waals surface area (Å²) in [6, 6.07) is 12.6. The Labute approximate surface area is 187 Å². The number of nitrogens with zero attached hydrogens (tertiary/aromatic N) is 4. The third kappa shape index (κ3) is 5.00. The van der Waals surface area contributed by atoms with Gasteiger partial charge < -0.3 is 24.8 Å². The summed E-state index contributed by atoms with van der Waals surface area (Å²) in [6.45, 7) is 6.64. The first-order valence-electron chi connectivity index (χ1n) is 10.9. The smallest absolute Gasteiger partial charge is 0.270 e. The van der Waals surface area contributed by atoms with Gasteiger partial charge in [0, 0.05) is 63.6 Å². The summed E-state index contributed by atoms with van der Waals surface area (Å²) < 4.78 is 5.41. The molecule has 32 heavy (non-hydrogen) atoms. The third-order valence-corrected chi connectivity index (χ3v) is 6.06. The minimum Gasteiger partial charge on any atom is -0.378 e. The second-order valence-electron chi connectivity index (χ2n) is 8.16. The lowest BCUT2D eigenvalue weighted by molar-refractivity contribution is -0.384. The first-order valence-corrected chi connectivity index (χ1v) is 10.9. The second-order valence-corrected chi connectivity index (χ2v) is 8.16. The number of piperazine rings is 1. The number of amides is 1. The van der Waals surface area contributed by atoms with Crippen LogP contribution >= 0.6 is 0 Å². The molecule has 0 aliphatic carbocycles. The summed E-state index contributed by atoms with van der Waals surface area (Å²) in [5.41, 5.74) is 3.07. The predicted molar refractivity (Wildman–Crippen MR) is 123 cm³/mol. The summed E-state index contributed by atoms with van der Waals surface area (Å²) in [4.78, 5) is 30.7. The molecule has 2 aliphatic rings. The third-order valence-electron chi connectivity index (χ3n) is 6.06. The van der Waals surface area contributed by atoms with E-state index < -0.39 is 4.92 Å². The van der Waals surface area contributed by atoms with Crippen molar-refractivity contribution < 1.29 is 14.5 Å². The number of benzene rings is 2. The molecule has 1 amide bonds. The molecule has 0 saturated carbocycles. The second kappa shape index (κ2) is 9.97. The fraction of sp³-hybridized carbons (Fsp3) is 0.435.